The van der Waals surface area contributed by atoms with E-state index in [1.54, 1.807) is 21.7 Å². The SMILES string of the molecule is O=C1Cc2ccccc2N1c1cnc2ccc(N3CCOCC3c3cccc(F)c3)nn12. The van der Waals surface area contributed by atoms with Gasteiger partial charge in [-0.25, -0.2) is 9.37 Å². The van der Waals surface area contributed by atoms with Gasteiger partial charge in [0.1, 0.15) is 11.6 Å². The number of carbonyl (C=O) groups is 1. The molecule has 0 aliphatic carbocycles. The summed E-state index contributed by atoms with van der Waals surface area (Å²) in [6.45, 7) is 1.62. The van der Waals surface area contributed by atoms with E-state index in [2.05, 4.69) is 9.88 Å². The van der Waals surface area contributed by atoms with Crippen molar-refractivity contribution in [2.24, 2.45) is 0 Å². The highest BCUT2D eigenvalue weighted by Crippen LogP contribution is 2.36. The van der Waals surface area contributed by atoms with Gasteiger partial charge in [-0.15, -0.1) is 5.10 Å². The largest absolute Gasteiger partial charge is 0.377 e. The summed E-state index contributed by atoms with van der Waals surface area (Å²) in [4.78, 5) is 21.1. The Balaban J connectivity index is 1.43. The number of hydrogen-bond donors (Lipinski definition) is 0. The van der Waals surface area contributed by atoms with Crippen LogP contribution in [0.4, 0.5) is 21.7 Å². The van der Waals surface area contributed by atoms with Gasteiger partial charge in [0, 0.05) is 6.54 Å². The van der Waals surface area contributed by atoms with Gasteiger partial charge in [0.2, 0.25) is 5.91 Å². The topological polar surface area (TPSA) is 63.0 Å². The smallest absolute Gasteiger partial charge is 0.237 e. The summed E-state index contributed by atoms with van der Waals surface area (Å²) in [7, 11) is 0. The second kappa shape index (κ2) is 7.42. The van der Waals surface area contributed by atoms with Crippen LogP contribution in [0.25, 0.3) is 5.65 Å². The van der Waals surface area contributed by atoms with Crippen molar-refractivity contribution < 1.29 is 13.9 Å². The van der Waals surface area contributed by atoms with E-state index >= 15 is 0 Å². The average Bonchev–Trinajstić information content (AvgIpc) is 3.38. The molecule has 6 rings (SSSR count). The lowest BCUT2D eigenvalue weighted by Crippen LogP contribution is -2.40. The molecular weight excluding hydrogens is 409 g/mol. The molecular formula is C24H20FN5O2. The van der Waals surface area contributed by atoms with Gasteiger partial charge in [-0.2, -0.15) is 4.52 Å². The van der Waals surface area contributed by atoms with Crippen molar-refractivity contribution >= 4 is 28.9 Å². The Morgan fingerprint density at radius 2 is 1.97 bits per heavy atom. The van der Waals surface area contributed by atoms with Crippen LogP contribution in [-0.4, -0.2) is 40.3 Å². The highest BCUT2D eigenvalue weighted by molar-refractivity contribution is 6.06. The third-order valence-corrected chi connectivity index (χ3v) is 6.04. The van der Waals surface area contributed by atoms with Crippen molar-refractivity contribution in [3.05, 3.63) is 83.8 Å². The Kier molecular flexibility index (Phi) is 4.39. The number of para-hydroxylation sites is 1. The first-order valence-electron chi connectivity index (χ1n) is 10.5. The third-order valence-electron chi connectivity index (χ3n) is 6.04. The fourth-order valence-electron chi connectivity index (χ4n) is 4.53. The van der Waals surface area contributed by atoms with Gasteiger partial charge in [0.15, 0.2) is 11.5 Å². The Hall–Kier alpha value is -3.78. The Labute approximate surface area is 183 Å². The van der Waals surface area contributed by atoms with Crippen LogP contribution in [0.2, 0.25) is 0 Å². The van der Waals surface area contributed by atoms with E-state index in [-0.39, 0.29) is 17.8 Å². The number of hydrogen-bond acceptors (Lipinski definition) is 5. The molecule has 0 N–H and O–H groups in total. The molecule has 160 valence electrons. The number of rotatable bonds is 3. The van der Waals surface area contributed by atoms with E-state index < -0.39 is 0 Å². The molecule has 1 atom stereocenters. The van der Waals surface area contributed by atoms with Crippen LogP contribution in [0, 0.1) is 5.82 Å². The molecule has 1 amide bonds. The number of nitrogens with zero attached hydrogens (tertiary/aromatic N) is 5. The van der Waals surface area contributed by atoms with Crippen LogP contribution >= 0.6 is 0 Å². The molecule has 2 aliphatic rings. The van der Waals surface area contributed by atoms with E-state index in [0.717, 1.165) is 16.8 Å². The number of aromatic nitrogens is 3. The van der Waals surface area contributed by atoms with Crippen molar-refractivity contribution in [1.82, 2.24) is 14.6 Å². The molecule has 2 aromatic carbocycles. The third kappa shape index (κ3) is 3.03. The van der Waals surface area contributed by atoms with Crippen molar-refractivity contribution in [3.63, 3.8) is 0 Å². The van der Waals surface area contributed by atoms with Crippen LogP contribution in [0.1, 0.15) is 17.2 Å². The minimum Gasteiger partial charge on any atom is -0.377 e. The molecule has 1 fully saturated rings. The monoisotopic (exact) mass is 429 g/mol. The van der Waals surface area contributed by atoms with E-state index in [0.29, 0.717) is 43.5 Å². The highest BCUT2D eigenvalue weighted by Gasteiger charge is 2.31. The fourth-order valence-corrected chi connectivity index (χ4v) is 4.53. The van der Waals surface area contributed by atoms with Crippen LogP contribution < -0.4 is 9.80 Å². The number of halogens is 1. The molecule has 0 saturated carbocycles. The van der Waals surface area contributed by atoms with Crippen molar-refractivity contribution in [2.45, 2.75) is 12.5 Å². The fraction of sp³-hybridized carbons (Fsp3) is 0.208. The quantitative estimate of drug-likeness (QED) is 0.497. The Morgan fingerprint density at radius 3 is 2.88 bits per heavy atom. The van der Waals surface area contributed by atoms with E-state index in [4.69, 9.17) is 9.84 Å². The molecule has 1 saturated heterocycles. The maximum Gasteiger partial charge on any atom is 0.237 e. The summed E-state index contributed by atoms with van der Waals surface area (Å²) < 4.78 is 21.3. The summed E-state index contributed by atoms with van der Waals surface area (Å²) in [5, 5.41) is 4.85. The Bertz CT molecular complexity index is 1340. The molecule has 1 unspecified atom stereocenters. The second-order valence-electron chi connectivity index (χ2n) is 7.95. The minimum absolute atomic E-state index is 0.00999. The van der Waals surface area contributed by atoms with Gasteiger partial charge in [-0.05, 0) is 41.5 Å². The number of carbonyl (C=O) groups excluding carboxylic acids is 1. The maximum atomic E-state index is 13.9. The number of anilines is 3. The van der Waals surface area contributed by atoms with Gasteiger partial charge in [-0.1, -0.05) is 30.3 Å². The zero-order valence-electron chi connectivity index (χ0n) is 17.2. The van der Waals surface area contributed by atoms with E-state index in [1.807, 2.05) is 42.5 Å². The minimum atomic E-state index is -0.278. The predicted molar refractivity (Wildman–Crippen MR) is 118 cm³/mol. The van der Waals surface area contributed by atoms with Crippen LogP contribution in [-0.2, 0) is 16.0 Å². The number of ether oxygens (including phenoxy) is 1. The predicted octanol–water partition coefficient (Wildman–Crippen LogP) is 3.67. The molecule has 7 nitrogen and oxygen atoms in total. The lowest BCUT2D eigenvalue weighted by atomic mass is 10.0. The van der Waals surface area contributed by atoms with Gasteiger partial charge in [0.05, 0.1) is 37.6 Å². The molecule has 0 bridgehead atoms. The number of fused-ring (bicyclic) bond motifs is 2. The Morgan fingerprint density at radius 1 is 1.06 bits per heavy atom. The zero-order valence-corrected chi connectivity index (χ0v) is 17.2. The molecule has 0 spiro atoms. The number of benzene rings is 2. The van der Waals surface area contributed by atoms with Gasteiger partial charge in [-0.3, -0.25) is 9.69 Å². The molecule has 2 aliphatic heterocycles. The van der Waals surface area contributed by atoms with Crippen LogP contribution in [0.15, 0.2) is 66.9 Å². The van der Waals surface area contributed by atoms with Gasteiger partial charge in [0.25, 0.3) is 0 Å². The summed E-state index contributed by atoms with van der Waals surface area (Å²) in [6.07, 6.45) is 2.03. The van der Waals surface area contributed by atoms with Crippen LogP contribution in [0.3, 0.4) is 0 Å². The molecule has 4 heterocycles. The van der Waals surface area contributed by atoms with Crippen molar-refractivity contribution in [3.8, 4) is 0 Å². The summed E-state index contributed by atoms with van der Waals surface area (Å²) >= 11 is 0. The molecule has 0 radical (unpaired) electrons. The van der Waals surface area contributed by atoms with E-state index in [9.17, 15) is 9.18 Å². The highest BCUT2D eigenvalue weighted by atomic mass is 19.1. The summed E-state index contributed by atoms with van der Waals surface area (Å²) in [6, 6.07) is 18.0. The first kappa shape index (κ1) is 18.9. The number of morpholine rings is 1. The molecule has 2 aromatic heterocycles. The summed E-state index contributed by atoms with van der Waals surface area (Å²) in [5.41, 5.74) is 3.33. The van der Waals surface area contributed by atoms with E-state index in [1.165, 1.54) is 12.1 Å². The first-order valence-corrected chi connectivity index (χ1v) is 10.5. The second-order valence-corrected chi connectivity index (χ2v) is 7.95. The molecule has 8 heteroatoms. The molecule has 4 aromatic rings. The lowest BCUT2D eigenvalue weighted by molar-refractivity contribution is -0.116. The van der Waals surface area contributed by atoms with Crippen molar-refractivity contribution in [1.29, 1.82) is 0 Å². The van der Waals surface area contributed by atoms with Gasteiger partial charge >= 0.3 is 0 Å². The van der Waals surface area contributed by atoms with Crippen LogP contribution in [0.5, 0.6) is 0 Å². The number of amides is 1. The zero-order chi connectivity index (χ0) is 21.7. The lowest BCUT2D eigenvalue weighted by Gasteiger charge is -2.36. The maximum absolute atomic E-state index is 13.9. The average molecular weight is 429 g/mol. The standard InChI is InChI=1S/C24H20FN5O2/c25-18-6-3-5-16(12-18)20-15-32-11-10-28(20)22-9-8-21-26-14-23(30(21)27-22)29-19-7-2-1-4-17(19)13-24(29)31/h1-9,12,14,20H,10-11,13,15H2. The summed E-state index contributed by atoms with van der Waals surface area (Å²) in [5.74, 6) is 1.03. The first-order chi connectivity index (χ1) is 15.7. The van der Waals surface area contributed by atoms with Crippen molar-refractivity contribution in [2.75, 3.05) is 29.6 Å². The normalized spacial score (nSPS) is 18.4. The van der Waals surface area contributed by atoms with Gasteiger partial charge < -0.3 is 9.64 Å². The number of imidazole rings is 1. The molecule has 32 heavy (non-hydrogen) atoms.